The van der Waals surface area contributed by atoms with Crippen LogP contribution in [0.3, 0.4) is 0 Å². The molecule has 2 aromatic rings. The molecule has 0 fully saturated rings. The van der Waals surface area contributed by atoms with Crippen molar-refractivity contribution in [3.05, 3.63) is 48.4 Å². The lowest BCUT2D eigenvalue weighted by Crippen LogP contribution is -2.28. The van der Waals surface area contributed by atoms with E-state index in [2.05, 4.69) is 10.3 Å². The average molecular weight is 309 g/mol. The minimum Gasteiger partial charge on any atom is -0.383 e. The second-order valence-electron chi connectivity index (χ2n) is 4.34. The van der Waals surface area contributed by atoms with Crippen LogP contribution in [-0.2, 0) is 10.0 Å². The average Bonchev–Trinajstić information content (AvgIpc) is 2.47. The molecule has 7 heteroatoms. The largest absolute Gasteiger partial charge is 0.383 e. The predicted octanol–water partition coefficient (Wildman–Crippen LogP) is 2.48. The van der Waals surface area contributed by atoms with Crippen LogP contribution in [0.25, 0.3) is 0 Å². The van der Waals surface area contributed by atoms with Gasteiger partial charge in [-0.05, 0) is 37.3 Å². The molecule has 5 nitrogen and oxygen atoms in total. The molecular formula is C14H16FN3O2S. The number of rotatable bonds is 5. The topological polar surface area (TPSA) is 62.3 Å². The molecule has 0 aliphatic rings. The molecule has 21 heavy (non-hydrogen) atoms. The summed E-state index contributed by atoms with van der Waals surface area (Å²) in [4.78, 5) is 3.95. The summed E-state index contributed by atoms with van der Waals surface area (Å²) in [6.45, 7) is 2.43. The number of hydrogen-bond acceptors (Lipinski definition) is 4. The van der Waals surface area contributed by atoms with Crippen LogP contribution < -0.4 is 9.62 Å². The Morgan fingerprint density at radius 2 is 2.05 bits per heavy atom. The first kappa shape index (κ1) is 15.2. The highest BCUT2D eigenvalue weighted by Crippen LogP contribution is 2.25. The molecule has 0 amide bonds. The summed E-state index contributed by atoms with van der Waals surface area (Å²) in [7, 11) is -2.50. The quantitative estimate of drug-likeness (QED) is 0.921. The van der Waals surface area contributed by atoms with Crippen molar-refractivity contribution in [2.45, 2.75) is 11.9 Å². The van der Waals surface area contributed by atoms with E-state index >= 15 is 0 Å². The lowest BCUT2D eigenvalue weighted by atomic mass is 10.3. The van der Waals surface area contributed by atoms with Gasteiger partial charge in [-0.2, -0.15) is 8.42 Å². The number of nitrogens with zero attached hydrogens (tertiary/aromatic N) is 2. The van der Waals surface area contributed by atoms with Crippen molar-refractivity contribution in [2.75, 3.05) is 23.2 Å². The van der Waals surface area contributed by atoms with E-state index in [0.717, 1.165) is 10.4 Å². The van der Waals surface area contributed by atoms with Gasteiger partial charge in [0.1, 0.15) is 5.82 Å². The van der Waals surface area contributed by atoms with Crippen molar-refractivity contribution in [1.29, 1.82) is 0 Å². The Morgan fingerprint density at radius 3 is 2.71 bits per heavy atom. The monoisotopic (exact) mass is 309 g/mol. The van der Waals surface area contributed by atoms with Gasteiger partial charge in [0.15, 0.2) is 5.03 Å². The number of nitrogens with one attached hydrogen (secondary N) is 1. The smallest absolute Gasteiger partial charge is 0.283 e. The van der Waals surface area contributed by atoms with Crippen LogP contribution in [0.2, 0.25) is 0 Å². The van der Waals surface area contributed by atoms with E-state index in [4.69, 9.17) is 0 Å². The Morgan fingerprint density at radius 1 is 1.29 bits per heavy atom. The second kappa shape index (κ2) is 6.09. The zero-order chi connectivity index (χ0) is 15.5. The van der Waals surface area contributed by atoms with Gasteiger partial charge >= 0.3 is 0 Å². The van der Waals surface area contributed by atoms with Crippen LogP contribution in [0.15, 0.2) is 47.6 Å². The SMILES string of the molecule is CCNc1cccnc1S(=O)(=O)N(C)c1cccc(F)c1. The van der Waals surface area contributed by atoms with Crippen LogP contribution in [0, 0.1) is 5.82 Å². The normalized spacial score (nSPS) is 11.2. The molecule has 1 heterocycles. The second-order valence-corrected chi connectivity index (χ2v) is 6.22. The third-order valence-electron chi connectivity index (χ3n) is 2.92. The molecule has 0 aliphatic carbocycles. The number of aromatic nitrogens is 1. The molecule has 1 aromatic carbocycles. The fourth-order valence-corrected chi connectivity index (χ4v) is 3.12. The first-order chi connectivity index (χ1) is 9.96. The van der Waals surface area contributed by atoms with E-state index in [9.17, 15) is 12.8 Å². The van der Waals surface area contributed by atoms with Crippen molar-refractivity contribution in [1.82, 2.24) is 4.98 Å². The minimum atomic E-state index is -3.87. The highest BCUT2D eigenvalue weighted by atomic mass is 32.2. The van der Waals surface area contributed by atoms with Crippen LogP contribution in [-0.4, -0.2) is 27.0 Å². The van der Waals surface area contributed by atoms with Crippen LogP contribution in [0.4, 0.5) is 15.8 Å². The minimum absolute atomic E-state index is 0.0846. The van der Waals surface area contributed by atoms with Crippen molar-refractivity contribution in [2.24, 2.45) is 0 Å². The molecule has 0 unspecified atom stereocenters. The number of benzene rings is 1. The fraction of sp³-hybridized carbons (Fsp3) is 0.214. The van der Waals surface area contributed by atoms with Gasteiger partial charge in [-0.25, -0.2) is 9.37 Å². The Hall–Kier alpha value is -2.15. The highest BCUT2D eigenvalue weighted by Gasteiger charge is 2.26. The molecule has 0 aliphatic heterocycles. The van der Waals surface area contributed by atoms with Crippen molar-refractivity contribution >= 4 is 21.4 Å². The number of hydrogen-bond donors (Lipinski definition) is 1. The molecular weight excluding hydrogens is 293 g/mol. The van der Waals surface area contributed by atoms with Crippen molar-refractivity contribution < 1.29 is 12.8 Å². The Bertz CT molecular complexity index is 735. The van der Waals surface area contributed by atoms with Gasteiger partial charge in [-0.15, -0.1) is 0 Å². The van der Waals surface area contributed by atoms with Gasteiger partial charge < -0.3 is 5.32 Å². The fourth-order valence-electron chi connectivity index (χ4n) is 1.86. The maximum absolute atomic E-state index is 13.3. The van der Waals surface area contributed by atoms with Crippen molar-refractivity contribution in [3.8, 4) is 0 Å². The molecule has 0 saturated heterocycles. The number of pyridine rings is 1. The number of sulfonamides is 1. The predicted molar refractivity (Wildman–Crippen MR) is 80.4 cm³/mol. The lowest BCUT2D eigenvalue weighted by Gasteiger charge is -2.20. The van der Waals surface area contributed by atoms with Gasteiger partial charge in [-0.1, -0.05) is 6.07 Å². The summed E-state index contributed by atoms with van der Waals surface area (Å²) >= 11 is 0. The van der Waals surface area contributed by atoms with E-state index in [1.807, 2.05) is 6.92 Å². The lowest BCUT2D eigenvalue weighted by molar-refractivity contribution is 0.590. The summed E-state index contributed by atoms with van der Waals surface area (Å²) in [5, 5.41) is 2.87. The molecule has 0 spiro atoms. The van der Waals surface area contributed by atoms with Gasteiger partial charge in [0.25, 0.3) is 10.0 Å². The maximum atomic E-state index is 13.3. The first-order valence-electron chi connectivity index (χ1n) is 6.40. The highest BCUT2D eigenvalue weighted by molar-refractivity contribution is 7.92. The van der Waals surface area contributed by atoms with E-state index in [0.29, 0.717) is 12.2 Å². The Labute approximate surface area is 123 Å². The van der Waals surface area contributed by atoms with E-state index < -0.39 is 15.8 Å². The van der Waals surface area contributed by atoms with Crippen LogP contribution in [0.1, 0.15) is 6.92 Å². The van der Waals surface area contributed by atoms with E-state index in [1.54, 1.807) is 12.1 Å². The van der Waals surface area contributed by atoms with E-state index in [1.165, 1.54) is 31.4 Å². The zero-order valence-electron chi connectivity index (χ0n) is 11.7. The summed E-state index contributed by atoms with van der Waals surface area (Å²) in [6, 6.07) is 8.70. The molecule has 0 atom stereocenters. The van der Waals surface area contributed by atoms with Gasteiger partial charge in [-0.3, -0.25) is 4.31 Å². The molecule has 112 valence electrons. The van der Waals surface area contributed by atoms with E-state index in [-0.39, 0.29) is 10.7 Å². The van der Waals surface area contributed by atoms with Gasteiger partial charge in [0, 0.05) is 19.8 Å². The van der Waals surface area contributed by atoms with Crippen LogP contribution >= 0.6 is 0 Å². The summed E-state index contributed by atoms with van der Waals surface area (Å²) in [6.07, 6.45) is 1.41. The molecule has 1 N–H and O–H groups in total. The third kappa shape index (κ3) is 3.13. The third-order valence-corrected chi connectivity index (χ3v) is 4.66. The van der Waals surface area contributed by atoms with Crippen LogP contribution in [0.5, 0.6) is 0 Å². The Kier molecular flexibility index (Phi) is 4.42. The zero-order valence-corrected chi connectivity index (χ0v) is 12.6. The summed E-state index contributed by atoms with van der Waals surface area (Å²) in [5.74, 6) is -0.498. The van der Waals surface area contributed by atoms with Crippen molar-refractivity contribution in [3.63, 3.8) is 0 Å². The summed E-state index contributed by atoms with van der Waals surface area (Å²) in [5.41, 5.74) is 0.659. The molecule has 0 radical (unpaired) electrons. The van der Waals surface area contributed by atoms with Gasteiger partial charge in [0.2, 0.25) is 0 Å². The summed E-state index contributed by atoms with van der Waals surface area (Å²) < 4.78 is 39.6. The van der Waals surface area contributed by atoms with Gasteiger partial charge in [0.05, 0.1) is 11.4 Å². The first-order valence-corrected chi connectivity index (χ1v) is 7.84. The Balaban J connectivity index is 2.47. The maximum Gasteiger partial charge on any atom is 0.283 e. The molecule has 2 rings (SSSR count). The number of halogens is 1. The molecule has 0 saturated carbocycles. The number of anilines is 2. The molecule has 1 aromatic heterocycles. The standard InChI is InChI=1S/C14H16FN3O2S/c1-3-16-13-8-5-9-17-14(13)21(19,20)18(2)12-7-4-6-11(15)10-12/h4-10,16H,3H2,1-2H3. The molecule has 0 bridgehead atoms.